The Balaban J connectivity index is 2.62. The van der Waals surface area contributed by atoms with Crippen LogP contribution in [-0.2, 0) is 0 Å². The molecule has 0 heterocycles. The number of amides is 1. The third-order valence-electron chi connectivity index (χ3n) is 3.31. The first-order valence-corrected chi connectivity index (χ1v) is 6.84. The van der Waals surface area contributed by atoms with Crippen molar-refractivity contribution in [1.29, 1.82) is 0 Å². The number of hydrogen-bond donors (Lipinski definition) is 2. The van der Waals surface area contributed by atoms with Crippen molar-refractivity contribution in [2.24, 2.45) is 0 Å². The molecule has 12 nitrogen and oxygen atoms in total. The molecule has 1 amide bonds. The van der Waals surface area contributed by atoms with Crippen LogP contribution in [0.2, 0.25) is 0 Å². The number of aromatic hydroxyl groups is 1. The third-order valence-corrected chi connectivity index (χ3v) is 3.31. The van der Waals surface area contributed by atoms with Gasteiger partial charge < -0.3 is 10.4 Å². The number of benzene rings is 2. The van der Waals surface area contributed by atoms with Gasteiger partial charge in [-0.05, 0) is 24.6 Å². The van der Waals surface area contributed by atoms with Crippen molar-refractivity contribution in [3.63, 3.8) is 0 Å². The average molecular weight is 362 g/mol. The number of phenolic OH excluding ortho intramolecular Hbond substituents is 1. The largest absolute Gasteiger partial charge is 0.506 e. The Morgan fingerprint density at radius 3 is 1.92 bits per heavy atom. The molecule has 26 heavy (non-hydrogen) atoms. The first kappa shape index (κ1) is 18.3. The molecule has 2 aromatic rings. The van der Waals surface area contributed by atoms with Crippen LogP contribution in [0.3, 0.4) is 0 Å². The number of carbonyl (C=O) groups excluding carboxylic acids is 1. The first-order chi connectivity index (χ1) is 12.1. The van der Waals surface area contributed by atoms with Crippen molar-refractivity contribution in [3.8, 4) is 5.75 Å². The van der Waals surface area contributed by atoms with Crippen LogP contribution in [0.4, 0.5) is 22.7 Å². The molecule has 2 aromatic carbocycles. The number of nitrogens with one attached hydrogen (secondary N) is 1. The molecule has 12 heteroatoms. The van der Waals surface area contributed by atoms with Crippen LogP contribution in [0, 0.1) is 37.3 Å². The van der Waals surface area contributed by atoms with Crippen molar-refractivity contribution in [2.45, 2.75) is 6.92 Å². The van der Waals surface area contributed by atoms with Gasteiger partial charge in [0.1, 0.15) is 5.75 Å². The van der Waals surface area contributed by atoms with Crippen LogP contribution in [0.5, 0.6) is 5.75 Å². The Hall–Kier alpha value is -4.09. The Bertz CT molecular complexity index is 921. The van der Waals surface area contributed by atoms with E-state index in [1.807, 2.05) is 0 Å². The van der Waals surface area contributed by atoms with Gasteiger partial charge in [-0.2, -0.15) is 0 Å². The number of carbonyl (C=O) groups is 1. The van der Waals surface area contributed by atoms with Gasteiger partial charge in [0.15, 0.2) is 5.56 Å². The minimum Gasteiger partial charge on any atom is -0.506 e. The Morgan fingerprint density at radius 2 is 1.50 bits per heavy atom. The molecule has 2 N–H and O–H groups in total. The van der Waals surface area contributed by atoms with Crippen LogP contribution in [0.25, 0.3) is 0 Å². The highest BCUT2D eigenvalue weighted by atomic mass is 16.6. The highest BCUT2D eigenvalue weighted by Gasteiger charge is 2.35. The molecule has 0 aliphatic rings. The predicted octanol–water partition coefficient (Wildman–Crippen LogP) is 2.68. The zero-order valence-electron chi connectivity index (χ0n) is 13.0. The number of nitrogens with zero attached hydrogens (tertiary/aromatic N) is 3. The fourth-order valence-electron chi connectivity index (χ4n) is 2.16. The maximum absolute atomic E-state index is 12.4. The highest BCUT2D eigenvalue weighted by molar-refractivity contribution is 6.10. The molecule has 0 radical (unpaired) electrons. The zero-order valence-corrected chi connectivity index (χ0v) is 13.0. The summed E-state index contributed by atoms with van der Waals surface area (Å²) in [6, 6.07) is 5.03. The second kappa shape index (κ2) is 6.80. The average Bonchev–Trinajstić information content (AvgIpc) is 2.55. The van der Waals surface area contributed by atoms with E-state index < -0.39 is 43.3 Å². The Labute approximate surface area is 144 Å². The molecule has 2 rings (SSSR count). The third kappa shape index (κ3) is 3.53. The smallest absolute Gasteiger partial charge is 0.296 e. The normalized spacial score (nSPS) is 10.2. The van der Waals surface area contributed by atoms with Crippen LogP contribution >= 0.6 is 0 Å². The van der Waals surface area contributed by atoms with E-state index in [2.05, 4.69) is 5.32 Å². The topological polar surface area (TPSA) is 179 Å². The van der Waals surface area contributed by atoms with E-state index in [-0.39, 0.29) is 11.4 Å². The van der Waals surface area contributed by atoms with Crippen molar-refractivity contribution >= 4 is 28.7 Å². The highest BCUT2D eigenvalue weighted by Crippen LogP contribution is 2.35. The van der Waals surface area contributed by atoms with Gasteiger partial charge in [0, 0.05) is 0 Å². The van der Waals surface area contributed by atoms with E-state index in [0.717, 1.165) is 0 Å². The summed E-state index contributed by atoms with van der Waals surface area (Å²) in [5, 5.41) is 45.1. The van der Waals surface area contributed by atoms with Crippen LogP contribution in [0.15, 0.2) is 30.3 Å². The van der Waals surface area contributed by atoms with E-state index in [9.17, 15) is 40.2 Å². The van der Waals surface area contributed by atoms with Crippen LogP contribution in [0.1, 0.15) is 15.9 Å². The predicted molar refractivity (Wildman–Crippen MR) is 87.2 cm³/mol. The zero-order chi connectivity index (χ0) is 19.6. The molecule has 0 unspecified atom stereocenters. The minimum atomic E-state index is -1.27. The van der Waals surface area contributed by atoms with E-state index in [4.69, 9.17) is 0 Å². The second-order valence-corrected chi connectivity index (χ2v) is 5.11. The SMILES string of the molecule is Cc1ccc(NC(=O)c2c([N+](=O)[O-])cc([N+](=O)[O-])cc2[N+](=O)[O-])c(O)c1. The summed E-state index contributed by atoms with van der Waals surface area (Å²) in [4.78, 5) is 42.2. The van der Waals surface area contributed by atoms with Crippen LogP contribution in [-0.4, -0.2) is 25.8 Å². The van der Waals surface area contributed by atoms with Gasteiger partial charge in [-0.15, -0.1) is 0 Å². The molecule has 0 spiro atoms. The number of hydrogen-bond acceptors (Lipinski definition) is 8. The lowest BCUT2D eigenvalue weighted by Gasteiger charge is -2.09. The van der Waals surface area contributed by atoms with Gasteiger partial charge in [0.2, 0.25) is 0 Å². The molecular formula is C14H10N4O8. The number of nitro groups is 3. The Kier molecular flexibility index (Phi) is 4.77. The number of rotatable bonds is 5. The lowest BCUT2D eigenvalue weighted by molar-refractivity contribution is -0.403. The fourth-order valence-corrected chi connectivity index (χ4v) is 2.16. The quantitative estimate of drug-likeness (QED) is 0.462. The lowest BCUT2D eigenvalue weighted by Crippen LogP contribution is -2.16. The fraction of sp³-hybridized carbons (Fsp3) is 0.0714. The first-order valence-electron chi connectivity index (χ1n) is 6.84. The van der Waals surface area contributed by atoms with Gasteiger partial charge in [-0.1, -0.05) is 6.07 Å². The molecule has 0 aromatic heterocycles. The number of phenols is 1. The van der Waals surface area contributed by atoms with Gasteiger partial charge in [-0.25, -0.2) is 0 Å². The summed E-state index contributed by atoms with van der Waals surface area (Å²) in [7, 11) is 0. The molecule has 0 aliphatic carbocycles. The summed E-state index contributed by atoms with van der Waals surface area (Å²) in [6.07, 6.45) is 0. The number of aryl methyl sites for hydroxylation is 1. The van der Waals surface area contributed by atoms with E-state index in [0.29, 0.717) is 17.7 Å². The van der Waals surface area contributed by atoms with Crippen molar-refractivity contribution in [2.75, 3.05) is 5.32 Å². The van der Waals surface area contributed by atoms with Gasteiger partial charge in [-0.3, -0.25) is 35.1 Å². The summed E-state index contributed by atoms with van der Waals surface area (Å²) in [5.74, 6) is -1.62. The van der Waals surface area contributed by atoms with Crippen molar-refractivity contribution in [3.05, 3.63) is 71.8 Å². The number of nitro benzene ring substituents is 3. The number of anilines is 1. The molecule has 0 bridgehead atoms. The Morgan fingerprint density at radius 1 is 0.962 bits per heavy atom. The lowest BCUT2D eigenvalue weighted by atomic mass is 10.1. The summed E-state index contributed by atoms with van der Waals surface area (Å²) >= 11 is 0. The molecule has 0 aliphatic heterocycles. The molecule has 0 fully saturated rings. The second-order valence-electron chi connectivity index (χ2n) is 5.11. The molecule has 0 atom stereocenters. The summed E-state index contributed by atoms with van der Waals surface area (Å²) in [5.41, 5.74) is -3.55. The monoisotopic (exact) mass is 362 g/mol. The standard InChI is InChI=1S/C14H10N4O8/c1-7-2-3-9(12(19)4-7)15-14(20)13-10(17(23)24)5-8(16(21)22)6-11(13)18(25)26/h2-6,19H,1H3,(H,15,20). The molecule has 0 saturated heterocycles. The van der Waals surface area contributed by atoms with Gasteiger partial charge in [0.05, 0.1) is 32.6 Å². The van der Waals surface area contributed by atoms with Gasteiger partial charge >= 0.3 is 0 Å². The molecule has 0 saturated carbocycles. The molecule has 134 valence electrons. The molecular weight excluding hydrogens is 352 g/mol. The maximum Gasteiger partial charge on any atom is 0.296 e. The van der Waals surface area contributed by atoms with Gasteiger partial charge in [0.25, 0.3) is 23.0 Å². The summed E-state index contributed by atoms with van der Waals surface area (Å²) in [6.45, 7) is 1.66. The summed E-state index contributed by atoms with van der Waals surface area (Å²) < 4.78 is 0. The van der Waals surface area contributed by atoms with Crippen LogP contribution < -0.4 is 5.32 Å². The van der Waals surface area contributed by atoms with E-state index in [1.165, 1.54) is 18.2 Å². The minimum absolute atomic E-state index is 0.137. The van der Waals surface area contributed by atoms with E-state index in [1.54, 1.807) is 6.92 Å². The number of non-ortho nitro benzene ring substituents is 1. The van der Waals surface area contributed by atoms with Crippen molar-refractivity contribution in [1.82, 2.24) is 0 Å². The van der Waals surface area contributed by atoms with Crippen molar-refractivity contribution < 1.29 is 24.7 Å². The maximum atomic E-state index is 12.4. The van der Waals surface area contributed by atoms with E-state index >= 15 is 0 Å².